The van der Waals surface area contributed by atoms with Crippen molar-refractivity contribution in [3.63, 3.8) is 0 Å². The Hall–Kier alpha value is -1.32. The van der Waals surface area contributed by atoms with E-state index in [2.05, 4.69) is 0 Å². The van der Waals surface area contributed by atoms with Crippen molar-refractivity contribution < 1.29 is 13.2 Å². The first kappa shape index (κ1) is 15.1. The number of rotatable bonds is 3. The molecule has 0 radical (unpaired) electrons. The molecule has 1 aliphatic heterocycles. The minimum absolute atomic E-state index is 0.00627. The van der Waals surface area contributed by atoms with E-state index in [1.165, 1.54) is 0 Å². The second-order valence-electron chi connectivity index (χ2n) is 4.94. The molecule has 0 saturated carbocycles. The first-order valence-corrected chi connectivity index (χ1v) is 8.85. The van der Waals surface area contributed by atoms with E-state index in [0.29, 0.717) is 18.1 Å². The Balaban J connectivity index is 2.52. The topological polar surface area (TPSA) is 133 Å². The molecule has 0 unspecified atom stereocenters. The monoisotopic (exact) mass is 318 g/mol. The SMILES string of the molecule is CS(=O)(=O)c1c(N2CCC(N)CC2)sc(C(N)=O)c1N. The van der Waals surface area contributed by atoms with Crippen LogP contribution in [0.5, 0.6) is 0 Å². The van der Waals surface area contributed by atoms with Crippen molar-refractivity contribution >= 4 is 37.8 Å². The lowest BCUT2D eigenvalue weighted by Gasteiger charge is -2.31. The van der Waals surface area contributed by atoms with E-state index < -0.39 is 15.7 Å². The number of nitrogen functional groups attached to an aromatic ring is 1. The molecular formula is C11H18N4O3S2. The third-order valence-electron chi connectivity index (χ3n) is 3.30. The van der Waals surface area contributed by atoms with Gasteiger partial charge < -0.3 is 22.1 Å². The van der Waals surface area contributed by atoms with Crippen LogP contribution in [0, 0.1) is 0 Å². The number of nitrogens with zero attached hydrogens (tertiary/aromatic N) is 1. The molecule has 20 heavy (non-hydrogen) atoms. The quantitative estimate of drug-likeness (QED) is 0.704. The van der Waals surface area contributed by atoms with Gasteiger partial charge in [0.25, 0.3) is 5.91 Å². The van der Waals surface area contributed by atoms with Gasteiger partial charge in [-0.3, -0.25) is 4.79 Å². The van der Waals surface area contributed by atoms with E-state index >= 15 is 0 Å². The summed E-state index contributed by atoms with van der Waals surface area (Å²) in [5.74, 6) is -0.711. The summed E-state index contributed by atoms with van der Waals surface area (Å²) < 4.78 is 23.9. The highest BCUT2D eigenvalue weighted by Crippen LogP contribution is 2.42. The lowest BCUT2D eigenvalue weighted by molar-refractivity contribution is 0.100. The Morgan fingerprint density at radius 1 is 1.35 bits per heavy atom. The average molecular weight is 318 g/mol. The van der Waals surface area contributed by atoms with Crippen LogP contribution in [0.15, 0.2) is 4.90 Å². The Morgan fingerprint density at radius 2 is 1.90 bits per heavy atom. The summed E-state index contributed by atoms with van der Waals surface area (Å²) >= 11 is 1.04. The van der Waals surface area contributed by atoms with Crippen LogP contribution in [0.4, 0.5) is 10.7 Å². The second-order valence-corrected chi connectivity index (χ2v) is 7.89. The fourth-order valence-electron chi connectivity index (χ4n) is 2.27. The number of hydrogen-bond acceptors (Lipinski definition) is 7. The molecule has 1 aliphatic rings. The number of sulfone groups is 1. The summed E-state index contributed by atoms with van der Waals surface area (Å²) in [5, 5.41) is 0.491. The molecule has 7 nitrogen and oxygen atoms in total. The van der Waals surface area contributed by atoms with Crippen molar-refractivity contribution in [1.29, 1.82) is 0 Å². The van der Waals surface area contributed by atoms with Gasteiger partial charge in [0.2, 0.25) is 0 Å². The van der Waals surface area contributed by atoms with E-state index in [1.54, 1.807) is 0 Å². The van der Waals surface area contributed by atoms with Gasteiger partial charge in [0.15, 0.2) is 9.84 Å². The number of hydrogen-bond donors (Lipinski definition) is 3. The zero-order valence-corrected chi connectivity index (χ0v) is 12.8. The molecule has 1 amide bonds. The van der Waals surface area contributed by atoms with Crippen molar-refractivity contribution in [2.45, 2.75) is 23.8 Å². The summed E-state index contributed by atoms with van der Waals surface area (Å²) in [6, 6.07) is 0.126. The Labute approximate surface area is 121 Å². The van der Waals surface area contributed by atoms with Gasteiger partial charge in [-0.2, -0.15) is 0 Å². The number of nitrogens with two attached hydrogens (primary N) is 3. The van der Waals surface area contributed by atoms with Crippen LogP contribution < -0.4 is 22.1 Å². The summed E-state index contributed by atoms with van der Waals surface area (Å²) in [5.41, 5.74) is 16.8. The molecule has 0 atom stereocenters. The highest BCUT2D eigenvalue weighted by Gasteiger charge is 2.30. The molecule has 2 heterocycles. The molecule has 1 saturated heterocycles. The van der Waals surface area contributed by atoms with Crippen LogP contribution in [-0.4, -0.2) is 39.7 Å². The molecular weight excluding hydrogens is 300 g/mol. The lowest BCUT2D eigenvalue weighted by atomic mass is 10.1. The summed E-state index contributed by atoms with van der Waals surface area (Å²) in [6.45, 7) is 1.28. The van der Waals surface area contributed by atoms with E-state index in [1.807, 2.05) is 4.90 Å². The molecule has 0 aromatic carbocycles. The molecule has 112 valence electrons. The number of primary amides is 1. The van der Waals surface area contributed by atoms with Crippen LogP contribution in [0.1, 0.15) is 22.5 Å². The zero-order chi connectivity index (χ0) is 15.1. The molecule has 0 aliphatic carbocycles. The molecule has 1 aromatic heterocycles. The third kappa shape index (κ3) is 2.74. The number of amides is 1. The Kier molecular flexibility index (Phi) is 3.94. The van der Waals surface area contributed by atoms with Crippen molar-refractivity contribution in [3.05, 3.63) is 4.88 Å². The van der Waals surface area contributed by atoms with Crippen molar-refractivity contribution in [1.82, 2.24) is 0 Å². The van der Waals surface area contributed by atoms with Gasteiger partial charge in [-0.15, -0.1) is 11.3 Å². The maximum atomic E-state index is 11.9. The number of anilines is 2. The van der Waals surface area contributed by atoms with Crippen LogP contribution >= 0.6 is 11.3 Å². The minimum Gasteiger partial charge on any atom is -0.396 e. The third-order valence-corrected chi connectivity index (χ3v) is 5.87. The van der Waals surface area contributed by atoms with Crippen LogP contribution in [0.3, 0.4) is 0 Å². The molecule has 1 aromatic rings. The predicted octanol–water partition coefficient (Wildman–Crippen LogP) is -0.240. The van der Waals surface area contributed by atoms with Crippen LogP contribution in [-0.2, 0) is 9.84 Å². The van der Waals surface area contributed by atoms with Gasteiger partial charge in [-0.05, 0) is 12.8 Å². The van der Waals surface area contributed by atoms with Gasteiger partial charge in [0.1, 0.15) is 14.8 Å². The zero-order valence-electron chi connectivity index (χ0n) is 11.1. The normalized spacial score (nSPS) is 17.4. The standard InChI is InChI=1S/C11H18N4O3S2/c1-20(17,18)9-7(13)8(10(14)16)19-11(9)15-4-2-6(12)3-5-15/h6H,2-5,12-13H2,1H3,(H2,14,16). The fraction of sp³-hybridized carbons (Fsp3) is 0.545. The maximum Gasteiger partial charge on any atom is 0.261 e. The Morgan fingerprint density at radius 3 is 2.35 bits per heavy atom. The molecule has 6 N–H and O–H groups in total. The summed E-state index contributed by atoms with van der Waals surface area (Å²) in [7, 11) is -3.53. The highest BCUT2D eigenvalue weighted by molar-refractivity contribution is 7.91. The fourth-order valence-corrected chi connectivity index (χ4v) is 4.88. The number of piperidine rings is 1. The summed E-state index contributed by atoms with van der Waals surface area (Å²) in [4.78, 5) is 13.4. The van der Waals surface area contributed by atoms with Gasteiger partial charge in [-0.25, -0.2) is 8.42 Å². The number of thiophene rings is 1. The van der Waals surface area contributed by atoms with Gasteiger partial charge >= 0.3 is 0 Å². The maximum absolute atomic E-state index is 11.9. The highest BCUT2D eigenvalue weighted by atomic mass is 32.2. The van der Waals surface area contributed by atoms with Crippen molar-refractivity contribution in [3.8, 4) is 0 Å². The van der Waals surface area contributed by atoms with E-state index in [9.17, 15) is 13.2 Å². The predicted molar refractivity (Wildman–Crippen MR) is 79.8 cm³/mol. The smallest absolute Gasteiger partial charge is 0.261 e. The second kappa shape index (κ2) is 5.23. The number of carbonyl (C=O) groups excluding carboxylic acids is 1. The first-order valence-electron chi connectivity index (χ1n) is 6.14. The molecule has 9 heteroatoms. The molecule has 0 bridgehead atoms. The Bertz CT molecular complexity index is 630. The average Bonchev–Trinajstić information content (AvgIpc) is 2.67. The largest absolute Gasteiger partial charge is 0.396 e. The van der Waals surface area contributed by atoms with E-state index in [-0.39, 0.29) is 21.5 Å². The van der Waals surface area contributed by atoms with Crippen LogP contribution in [0.2, 0.25) is 0 Å². The van der Waals surface area contributed by atoms with Crippen molar-refractivity contribution in [2.75, 3.05) is 30.0 Å². The van der Waals surface area contributed by atoms with Gasteiger partial charge in [-0.1, -0.05) is 0 Å². The van der Waals surface area contributed by atoms with E-state index in [0.717, 1.165) is 30.4 Å². The van der Waals surface area contributed by atoms with Gasteiger partial charge in [0, 0.05) is 25.4 Å². The van der Waals surface area contributed by atoms with Crippen LogP contribution in [0.25, 0.3) is 0 Å². The molecule has 0 spiro atoms. The molecule has 2 rings (SSSR count). The lowest BCUT2D eigenvalue weighted by Crippen LogP contribution is -2.39. The number of carbonyl (C=O) groups is 1. The van der Waals surface area contributed by atoms with E-state index in [4.69, 9.17) is 17.2 Å². The first-order chi connectivity index (χ1) is 9.21. The van der Waals surface area contributed by atoms with Crippen molar-refractivity contribution in [2.24, 2.45) is 11.5 Å². The molecule has 1 fully saturated rings. The minimum atomic E-state index is -3.53. The van der Waals surface area contributed by atoms with Gasteiger partial charge in [0.05, 0.1) is 5.69 Å². The summed E-state index contributed by atoms with van der Waals surface area (Å²) in [6.07, 6.45) is 2.62.